The molecule has 106 valence electrons. The van der Waals surface area contributed by atoms with Crippen molar-refractivity contribution >= 4 is 0 Å². The van der Waals surface area contributed by atoms with Gasteiger partial charge in [0, 0.05) is 6.54 Å². The van der Waals surface area contributed by atoms with Crippen molar-refractivity contribution in [2.45, 2.75) is 26.5 Å². The van der Waals surface area contributed by atoms with E-state index in [-0.39, 0.29) is 0 Å². The molecular formula is C16H20N2O2. The SMILES string of the molecule is CCc1ccc(OCc2cccc(CN)n2)c(OC)c1. The minimum atomic E-state index is 0.398. The number of aryl methyl sites for hydroxylation is 1. The molecule has 1 aromatic heterocycles. The third-order valence-electron chi connectivity index (χ3n) is 3.09. The van der Waals surface area contributed by atoms with Gasteiger partial charge in [0.05, 0.1) is 18.5 Å². The van der Waals surface area contributed by atoms with Gasteiger partial charge in [0.1, 0.15) is 6.61 Å². The lowest BCUT2D eigenvalue weighted by Crippen LogP contribution is -2.04. The van der Waals surface area contributed by atoms with Crippen LogP contribution in [0.25, 0.3) is 0 Å². The zero-order valence-electron chi connectivity index (χ0n) is 11.9. The summed E-state index contributed by atoms with van der Waals surface area (Å²) in [6.45, 7) is 2.94. The van der Waals surface area contributed by atoms with E-state index in [0.29, 0.717) is 13.2 Å². The number of ether oxygens (including phenoxy) is 2. The molecule has 0 bridgehead atoms. The predicted octanol–water partition coefficient (Wildman–Crippen LogP) is 2.69. The molecule has 2 N–H and O–H groups in total. The first-order chi connectivity index (χ1) is 9.76. The van der Waals surface area contributed by atoms with Crippen LogP contribution in [0.15, 0.2) is 36.4 Å². The van der Waals surface area contributed by atoms with Crippen molar-refractivity contribution < 1.29 is 9.47 Å². The van der Waals surface area contributed by atoms with Crippen LogP contribution >= 0.6 is 0 Å². The highest BCUT2D eigenvalue weighted by molar-refractivity contribution is 5.43. The van der Waals surface area contributed by atoms with Gasteiger partial charge in [0.15, 0.2) is 11.5 Å². The number of pyridine rings is 1. The first-order valence-corrected chi connectivity index (χ1v) is 6.71. The number of hydrogen-bond acceptors (Lipinski definition) is 4. The Labute approximate surface area is 119 Å². The van der Waals surface area contributed by atoms with Gasteiger partial charge < -0.3 is 15.2 Å². The van der Waals surface area contributed by atoms with Gasteiger partial charge in [0.25, 0.3) is 0 Å². The van der Waals surface area contributed by atoms with E-state index < -0.39 is 0 Å². The Hall–Kier alpha value is -2.07. The summed E-state index contributed by atoms with van der Waals surface area (Å²) in [5, 5.41) is 0. The highest BCUT2D eigenvalue weighted by atomic mass is 16.5. The Bertz CT molecular complexity index is 570. The zero-order chi connectivity index (χ0) is 14.4. The van der Waals surface area contributed by atoms with E-state index in [4.69, 9.17) is 15.2 Å². The van der Waals surface area contributed by atoms with Gasteiger partial charge in [-0.15, -0.1) is 0 Å². The summed E-state index contributed by atoms with van der Waals surface area (Å²) in [6, 6.07) is 11.7. The van der Waals surface area contributed by atoms with E-state index in [1.165, 1.54) is 5.56 Å². The van der Waals surface area contributed by atoms with E-state index in [1.807, 2.05) is 36.4 Å². The molecule has 0 aliphatic heterocycles. The third-order valence-corrected chi connectivity index (χ3v) is 3.09. The highest BCUT2D eigenvalue weighted by Crippen LogP contribution is 2.28. The zero-order valence-corrected chi connectivity index (χ0v) is 11.9. The Balaban J connectivity index is 2.10. The van der Waals surface area contributed by atoms with Gasteiger partial charge in [-0.1, -0.05) is 19.1 Å². The number of methoxy groups -OCH3 is 1. The number of nitrogens with two attached hydrogens (primary N) is 1. The van der Waals surface area contributed by atoms with Gasteiger partial charge in [-0.2, -0.15) is 0 Å². The number of rotatable bonds is 6. The van der Waals surface area contributed by atoms with Crippen LogP contribution in [0.3, 0.4) is 0 Å². The Morgan fingerprint density at radius 3 is 2.60 bits per heavy atom. The number of hydrogen-bond donors (Lipinski definition) is 1. The number of benzene rings is 1. The monoisotopic (exact) mass is 272 g/mol. The van der Waals surface area contributed by atoms with E-state index in [9.17, 15) is 0 Å². The molecule has 2 rings (SSSR count). The lowest BCUT2D eigenvalue weighted by Gasteiger charge is -2.12. The van der Waals surface area contributed by atoms with E-state index in [2.05, 4.69) is 11.9 Å². The summed E-state index contributed by atoms with van der Waals surface area (Å²) < 4.78 is 11.1. The quantitative estimate of drug-likeness (QED) is 0.878. The maximum absolute atomic E-state index is 5.78. The molecule has 1 heterocycles. The first kappa shape index (κ1) is 14.3. The summed E-state index contributed by atoms with van der Waals surface area (Å²) >= 11 is 0. The molecular weight excluding hydrogens is 252 g/mol. The van der Waals surface area contributed by atoms with Crippen LogP contribution in [0, 0.1) is 0 Å². The fourth-order valence-corrected chi connectivity index (χ4v) is 1.93. The summed E-state index contributed by atoms with van der Waals surface area (Å²) in [5.74, 6) is 1.48. The molecule has 0 spiro atoms. The molecule has 4 heteroatoms. The second-order valence-electron chi connectivity index (χ2n) is 4.45. The minimum Gasteiger partial charge on any atom is -0.493 e. The topological polar surface area (TPSA) is 57.4 Å². The number of aromatic nitrogens is 1. The summed E-state index contributed by atoms with van der Waals surface area (Å²) in [5.41, 5.74) is 8.52. The molecule has 4 nitrogen and oxygen atoms in total. The van der Waals surface area contributed by atoms with Crippen molar-refractivity contribution in [3.63, 3.8) is 0 Å². The van der Waals surface area contributed by atoms with Crippen LogP contribution in [-0.4, -0.2) is 12.1 Å². The predicted molar refractivity (Wildman–Crippen MR) is 78.8 cm³/mol. The molecule has 0 radical (unpaired) electrons. The van der Waals surface area contributed by atoms with E-state index in [1.54, 1.807) is 7.11 Å². The van der Waals surface area contributed by atoms with Gasteiger partial charge in [-0.25, -0.2) is 0 Å². The maximum atomic E-state index is 5.78. The Kier molecular flexibility index (Phi) is 4.96. The van der Waals surface area contributed by atoms with Crippen molar-refractivity contribution in [3.05, 3.63) is 53.3 Å². The molecule has 2 aromatic rings. The largest absolute Gasteiger partial charge is 0.493 e. The van der Waals surface area contributed by atoms with Gasteiger partial charge >= 0.3 is 0 Å². The van der Waals surface area contributed by atoms with Gasteiger partial charge in [-0.05, 0) is 36.2 Å². The van der Waals surface area contributed by atoms with Crippen LogP contribution in [0.5, 0.6) is 11.5 Å². The second kappa shape index (κ2) is 6.91. The first-order valence-electron chi connectivity index (χ1n) is 6.71. The van der Waals surface area contributed by atoms with Crippen molar-refractivity contribution in [2.24, 2.45) is 5.73 Å². The highest BCUT2D eigenvalue weighted by Gasteiger charge is 2.06. The smallest absolute Gasteiger partial charge is 0.161 e. The molecule has 1 aromatic carbocycles. The van der Waals surface area contributed by atoms with Crippen molar-refractivity contribution in [3.8, 4) is 11.5 Å². The fraction of sp³-hybridized carbons (Fsp3) is 0.312. The summed E-state index contributed by atoms with van der Waals surface area (Å²) in [7, 11) is 1.65. The lowest BCUT2D eigenvalue weighted by molar-refractivity contribution is 0.280. The average molecular weight is 272 g/mol. The number of nitrogens with zero attached hydrogens (tertiary/aromatic N) is 1. The Morgan fingerprint density at radius 2 is 1.90 bits per heavy atom. The summed E-state index contributed by atoms with van der Waals surface area (Å²) in [4.78, 5) is 4.40. The molecule has 0 saturated heterocycles. The van der Waals surface area contributed by atoms with Crippen molar-refractivity contribution in [1.82, 2.24) is 4.98 Å². The van der Waals surface area contributed by atoms with Crippen LogP contribution in [0.1, 0.15) is 23.9 Å². The van der Waals surface area contributed by atoms with E-state index >= 15 is 0 Å². The van der Waals surface area contributed by atoms with Gasteiger partial charge in [-0.3, -0.25) is 4.98 Å². The fourth-order valence-electron chi connectivity index (χ4n) is 1.93. The molecule has 0 amide bonds. The normalized spacial score (nSPS) is 10.3. The van der Waals surface area contributed by atoms with Crippen LogP contribution < -0.4 is 15.2 Å². The maximum Gasteiger partial charge on any atom is 0.161 e. The molecule has 20 heavy (non-hydrogen) atoms. The minimum absolute atomic E-state index is 0.398. The molecule has 0 aliphatic carbocycles. The molecule has 0 aliphatic rings. The van der Waals surface area contributed by atoms with Crippen molar-refractivity contribution in [2.75, 3.05) is 7.11 Å². The van der Waals surface area contributed by atoms with Crippen LogP contribution in [-0.2, 0) is 19.6 Å². The average Bonchev–Trinajstić information content (AvgIpc) is 2.52. The molecule has 0 fully saturated rings. The van der Waals surface area contributed by atoms with Gasteiger partial charge in [0.2, 0.25) is 0 Å². The second-order valence-corrected chi connectivity index (χ2v) is 4.45. The lowest BCUT2D eigenvalue weighted by atomic mass is 10.1. The van der Waals surface area contributed by atoms with Crippen LogP contribution in [0.2, 0.25) is 0 Å². The van der Waals surface area contributed by atoms with Crippen molar-refractivity contribution in [1.29, 1.82) is 0 Å². The summed E-state index contributed by atoms with van der Waals surface area (Å²) in [6.07, 6.45) is 0.969. The van der Waals surface area contributed by atoms with E-state index in [0.717, 1.165) is 29.3 Å². The molecule has 0 atom stereocenters. The molecule has 0 saturated carbocycles. The standard InChI is InChI=1S/C16H20N2O2/c1-3-12-7-8-15(16(9-12)19-2)20-11-14-6-4-5-13(10-17)18-14/h4-9H,3,10-11,17H2,1-2H3. The Morgan fingerprint density at radius 1 is 1.10 bits per heavy atom. The molecule has 0 unspecified atom stereocenters. The van der Waals surface area contributed by atoms with Crippen LogP contribution in [0.4, 0.5) is 0 Å². The third kappa shape index (κ3) is 3.48.